The number of aryl methyl sites for hydroxylation is 2. The number of carbonyl (C=O) groups is 1. The van der Waals surface area contributed by atoms with E-state index in [9.17, 15) is 13.2 Å². The van der Waals surface area contributed by atoms with Gasteiger partial charge < -0.3 is 10.1 Å². The molecular weight excluding hydrogens is 520 g/mol. The van der Waals surface area contributed by atoms with Crippen LogP contribution in [0, 0.1) is 31.6 Å². The van der Waals surface area contributed by atoms with Gasteiger partial charge in [0, 0.05) is 5.69 Å². The SMILES string of the molecule is COc1ccc(C)cc1N(CC(=O)Nc1ccc(C23CC4CC(CC(C4)C2)C3)cc1)S(=O)(=O)c1ccc(C)cc1. The lowest BCUT2D eigenvalue weighted by Crippen LogP contribution is -2.48. The van der Waals surface area contributed by atoms with Gasteiger partial charge in [0.25, 0.3) is 10.0 Å². The fraction of sp³-hybridized carbons (Fsp3) is 0.424. The molecule has 3 aromatic carbocycles. The lowest BCUT2D eigenvalue weighted by molar-refractivity contribution is -0.114. The van der Waals surface area contributed by atoms with Crippen LogP contribution in [0.25, 0.3) is 0 Å². The minimum atomic E-state index is -4.05. The Labute approximate surface area is 237 Å². The van der Waals surface area contributed by atoms with Crippen LogP contribution in [0.4, 0.5) is 11.4 Å². The number of carbonyl (C=O) groups excluding carboxylic acids is 1. The summed E-state index contributed by atoms with van der Waals surface area (Å²) in [4.78, 5) is 13.5. The van der Waals surface area contributed by atoms with Crippen LogP contribution in [0.1, 0.15) is 55.2 Å². The molecule has 40 heavy (non-hydrogen) atoms. The fourth-order valence-corrected chi connectivity index (χ4v) is 9.26. The van der Waals surface area contributed by atoms with Crippen LogP contribution in [0.2, 0.25) is 0 Å². The zero-order chi connectivity index (χ0) is 28.1. The largest absolute Gasteiger partial charge is 0.495 e. The van der Waals surface area contributed by atoms with E-state index in [0.717, 1.165) is 33.2 Å². The first-order chi connectivity index (χ1) is 19.1. The van der Waals surface area contributed by atoms with E-state index in [0.29, 0.717) is 17.1 Å². The number of hydrogen-bond donors (Lipinski definition) is 1. The Morgan fingerprint density at radius 3 is 2.02 bits per heavy atom. The van der Waals surface area contributed by atoms with Gasteiger partial charge in [-0.25, -0.2) is 8.42 Å². The van der Waals surface area contributed by atoms with E-state index in [2.05, 4.69) is 17.4 Å². The maximum absolute atomic E-state index is 13.9. The number of sulfonamides is 1. The van der Waals surface area contributed by atoms with Gasteiger partial charge in [0.2, 0.25) is 5.91 Å². The smallest absolute Gasteiger partial charge is 0.264 e. The highest BCUT2D eigenvalue weighted by Gasteiger charge is 2.51. The zero-order valence-corrected chi connectivity index (χ0v) is 24.3. The molecule has 7 rings (SSSR count). The lowest BCUT2D eigenvalue weighted by atomic mass is 9.48. The number of anilines is 2. The molecule has 6 nitrogen and oxygen atoms in total. The molecule has 0 unspecified atom stereocenters. The van der Waals surface area contributed by atoms with E-state index in [1.54, 1.807) is 36.4 Å². The maximum atomic E-state index is 13.9. The molecule has 0 radical (unpaired) electrons. The molecule has 4 saturated carbocycles. The second-order valence-corrected chi connectivity index (χ2v) is 14.2. The molecule has 4 bridgehead atoms. The van der Waals surface area contributed by atoms with E-state index in [4.69, 9.17) is 4.74 Å². The van der Waals surface area contributed by atoms with Crippen molar-refractivity contribution in [3.8, 4) is 5.75 Å². The van der Waals surface area contributed by atoms with Crippen molar-refractivity contribution in [2.75, 3.05) is 23.3 Å². The summed E-state index contributed by atoms with van der Waals surface area (Å²) < 4.78 is 34.4. The number of amides is 1. The second kappa shape index (κ2) is 10.3. The molecule has 0 aliphatic heterocycles. The third kappa shape index (κ3) is 5.00. The minimum Gasteiger partial charge on any atom is -0.495 e. The Hall–Kier alpha value is -3.32. The Bertz CT molecular complexity index is 1480. The van der Waals surface area contributed by atoms with Crippen molar-refractivity contribution >= 4 is 27.3 Å². The van der Waals surface area contributed by atoms with E-state index < -0.39 is 15.9 Å². The molecule has 1 amide bonds. The molecule has 0 heterocycles. The van der Waals surface area contributed by atoms with Crippen LogP contribution >= 0.6 is 0 Å². The van der Waals surface area contributed by atoms with E-state index in [1.807, 2.05) is 32.0 Å². The second-order valence-electron chi connectivity index (χ2n) is 12.3. The molecule has 0 spiro atoms. The molecule has 4 aliphatic rings. The number of benzene rings is 3. The molecule has 3 aromatic rings. The third-order valence-corrected chi connectivity index (χ3v) is 11.1. The van der Waals surface area contributed by atoms with E-state index >= 15 is 0 Å². The summed E-state index contributed by atoms with van der Waals surface area (Å²) in [7, 11) is -2.55. The van der Waals surface area contributed by atoms with Gasteiger partial charge in [-0.3, -0.25) is 9.10 Å². The van der Waals surface area contributed by atoms with Crippen LogP contribution in [-0.4, -0.2) is 28.0 Å². The van der Waals surface area contributed by atoms with Gasteiger partial charge in [-0.05, 0) is 123 Å². The Balaban J connectivity index is 1.24. The number of rotatable bonds is 8. The predicted octanol–water partition coefficient (Wildman–Crippen LogP) is 6.61. The average Bonchev–Trinajstić information content (AvgIpc) is 2.91. The highest BCUT2D eigenvalue weighted by molar-refractivity contribution is 7.92. The van der Waals surface area contributed by atoms with Crippen molar-refractivity contribution in [3.05, 3.63) is 83.4 Å². The number of ether oxygens (including phenoxy) is 1. The summed E-state index contributed by atoms with van der Waals surface area (Å²) in [6.07, 6.45) is 8.07. The minimum absolute atomic E-state index is 0.120. The Kier molecular flexibility index (Phi) is 6.89. The monoisotopic (exact) mass is 558 g/mol. The molecule has 7 heteroatoms. The first kappa shape index (κ1) is 26.9. The summed E-state index contributed by atoms with van der Waals surface area (Å²) in [6, 6.07) is 20.2. The van der Waals surface area contributed by atoms with Crippen molar-refractivity contribution in [1.29, 1.82) is 0 Å². The first-order valence-electron chi connectivity index (χ1n) is 14.3. The molecule has 4 fully saturated rings. The molecular formula is C33H38N2O4S. The van der Waals surface area contributed by atoms with E-state index in [1.165, 1.54) is 51.2 Å². The molecule has 0 atom stereocenters. The van der Waals surface area contributed by atoms with Gasteiger partial charge in [0.15, 0.2) is 0 Å². The Morgan fingerprint density at radius 2 is 1.45 bits per heavy atom. The molecule has 0 saturated heterocycles. The highest BCUT2D eigenvalue weighted by Crippen LogP contribution is 2.60. The molecule has 210 valence electrons. The van der Waals surface area contributed by atoms with Gasteiger partial charge in [-0.1, -0.05) is 35.9 Å². The third-order valence-electron chi connectivity index (χ3n) is 9.32. The van der Waals surface area contributed by atoms with Gasteiger partial charge >= 0.3 is 0 Å². The highest BCUT2D eigenvalue weighted by atomic mass is 32.2. The predicted molar refractivity (Wildman–Crippen MR) is 158 cm³/mol. The summed E-state index contributed by atoms with van der Waals surface area (Å²) >= 11 is 0. The number of methoxy groups -OCH3 is 1. The molecule has 4 aliphatic carbocycles. The van der Waals surface area contributed by atoms with Crippen LogP contribution in [0.5, 0.6) is 5.75 Å². The molecule has 1 N–H and O–H groups in total. The fourth-order valence-electron chi connectivity index (χ4n) is 7.83. The Morgan fingerprint density at radius 1 is 0.875 bits per heavy atom. The van der Waals surface area contributed by atoms with Crippen LogP contribution in [0.3, 0.4) is 0 Å². The quantitative estimate of drug-likeness (QED) is 0.337. The summed E-state index contributed by atoms with van der Waals surface area (Å²) in [5, 5.41) is 2.94. The number of nitrogens with one attached hydrogen (secondary N) is 1. The normalized spacial score (nSPS) is 25.0. The van der Waals surface area contributed by atoms with Gasteiger partial charge in [-0.15, -0.1) is 0 Å². The van der Waals surface area contributed by atoms with Gasteiger partial charge in [0.1, 0.15) is 12.3 Å². The molecule has 0 aromatic heterocycles. The van der Waals surface area contributed by atoms with Crippen molar-refractivity contribution in [2.24, 2.45) is 17.8 Å². The van der Waals surface area contributed by atoms with Gasteiger partial charge in [-0.2, -0.15) is 0 Å². The summed E-state index contributed by atoms with van der Waals surface area (Å²) in [5.74, 6) is 2.57. The van der Waals surface area contributed by atoms with Crippen LogP contribution in [-0.2, 0) is 20.2 Å². The number of nitrogens with zero attached hydrogens (tertiary/aromatic N) is 1. The number of hydrogen-bond acceptors (Lipinski definition) is 4. The first-order valence-corrected chi connectivity index (χ1v) is 15.7. The topological polar surface area (TPSA) is 75.7 Å². The van der Waals surface area contributed by atoms with Crippen molar-refractivity contribution in [2.45, 2.75) is 62.7 Å². The van der Waals surface area contributed by atoms with Crippen molar-refractivity contribution < 1.29 is 17.9 Å². The lowest BCUT2D eigenvalue weighted by Gasteiger charge is -2.57. The standard InChI is InChI=1S/C33H38N2O4S/c1-22-4-11-29(12-5-22)40(37,38)35(30-14-23(2)6-13-31(30)39-3)21-32(36)34-28-9-7-27(8-10-28)33-18-24-15-25(19-33)17-26(16-24)20-33/h4-14,24-26H,15-21H2,1-3H3,(H,34,36). The van der Waals surface area contributed by atoms with Crippen LogP contribution < -0.4 is 14.4 Å². The zero-order valence-electron chi connectivity index (χ0n) is 23.5. The maximum Gasteiger partial charge on any atom is 0.264 e. The van der Waals surface area contributed by atoms with Crippen molar-refractivity contribution in [3.63, 3.8) is 0 Å². The van der Waals surface area contributed by atoms with Crippen LogP contribution in [0.15, 0.2) is 71.6 Å². The van der Waals surface area contributed by atoms with Gasteiger partial charge in [0.05, 0.1) is 17.7 Å². The average molecular weight is 559 g/mol. The van der Waals surface area contributed by atoms with E-state index in [-0.39, 0.29) is 16.9 Å². The summed E-state index contributed by atoms with van der Waals surface area (Å²) in [5.41, 5.74) is 4.49. The van der Waals surface area contributed by atoms with Crippen molar-refractivity contribution in [1.82, 2.24) is 0 Å². The summed E-state index contributed by atoms with van der Waals surface area (Å²) in [6.45, 7) is 3.40.